The molecule has 0 saturated heterocycles. The molecule has 0 N–H and O–H groups in total. The predicted octanol–water partition coefficient (Wildman–Crippen LogP) is 2.75. The van der Waals surface area contributed by atoms with Crippen molar-refractivity contribution in [2.45, 2.75) is 13.3 Å². The lowest BCUT2D eigenvalue weighted by Crippen LogP contribution is -1.98. The fraction of sp³-hybridized carbons (Fsp3) is 0.333. The standard InChI is InChI=1S/C12H16O3/c1-4-6-10-7-8-11(15-14-5-2)12(9-10)13-3/h4,7-9H,1,5-6H2,2-3H3. The van der Waals surface area contributed by atoms with Crippen LogP contribution in [0, 0.1) is 0 Å². The van der Waals surface area contributed by atoms with Crippen LogP contribution < -0.4 is 9.62 Å². The second kappa shape index (κ2) is 6.09. The summed E-state index contributed by atoms with van der Waals surface area (Å²) < 4.78 is 5.19. The third-order valence-electron chi connectivity index (χ3n) is 1.87. The van der Waals surface area contributed by atoms with Crippen molar-refractivity contribution in [3.8, 4) is 11.5 Å². The highest BCUT2D eigenvalue weighted by molar-refractivity contribution is 5.43. The first kappa shape index (κ1) is 11.6. The molecule has 1 rings (SSSR count). The van der Waals surface area contributed by atoms with Gasteiger partial charge in [-0.2, -0.15) is 4.89 Å². The molecule has 0 unspecified atom stereocenters. The highest BCUT2D eigenvalue weighted by Crippen LogP contribution is 2.28. The van der Waals surface area contributed by atoms with Gasteiger partial charge >= 0.3 is 0 Å². The number of hydrogen-bond acceptors (Lipinski definition) is 3. The third kappa shape index (κ3) is 3.29. The molecule has 0 fully saturated rings. The topological polar surface area (TPSA) is 27.7 Å². The Balaban J connectivity index is 2.82. The molecule has 3 nitrogen and oxygen atoms in total. The predicted molar refractivity (Wildman–Crippen MR) is 59.1 cm³/mol. The van der Waals surface area contributed by atoms with Crippen molar-refractivity contribution in [3.63, 3.8) is 0 Å². The Bertz CT molecular complexity index is 321. The van der Waals surface area contributed by atoms with Gasteiger partial charge in [0.1, 0.15) is 0 Å². The minimum Gasteiger partial charge on any atom is -0.493 e. The molecule has 0 bridgehead atoms. The molecule has 0 atom stereocenters. The fourth-order valence-corrected chi connectivity index (χ4v) is 1.20. The largest absolute Gasteiger partial charge is 0.493 e. The molecular weight excluding hydrogens is 192 g/mol. The first-order chi connectivity index (χ1) is 7.31. The SMILES string of the molecule is C=CCc1ccc(OOCC)c(OC)c1. The van der Waals surface area contributed by atoms with Crippen LogP contribution in [-0.4, -0.2) is 13.7 Å². The normalized spacial score (nSPS) is 9.73. The Morgan fingerprint density at radius 1 is 1.33 bits per heavy atom. The second-order valence-electron chi connectivity index (χ2n) is 2.97. The maximum Gasteiger partial charge on any atom is 0.207 e. The highest BCUT2D eigenvalue weighted by Gasteiger charge is 2.05. The van der Waals surface area contributed by atoms with Crippen LogP contribution >= 0.6 is 0 Å². The summed E-state index contributed by atoms with van der Waals surface area (Å²) in [4.78, 5) is 9.92. The lowest BCUT2D eigenvalue weighted by Gasteiger charge is -2.09. The van der Waals surface area contributed by atoms with Crippen molar-refractivity contribution in [3.05, 3.63) is 36.4 Å². The molecule has 0 spiro atoms. The average molecular weight is 208 g/mol. The van der Waals surface area contributed by atoms with E-state index in [4.69, 9.17) is 14.5 Å². The molecule has 82 valence electrons. The van der Waals surface area contributed by atoms with Crippen LogP contribution in [-0.2, 0) is 11.3 Å². The highest BCUT2D eigenvalue weighted by atomic mass is 17.2. The van der Waals surface area contributed by atoms with E-state index in [-0.39, 0.29) is 0 Å². The summed E-state index contributed by atoms with van der Waals surface area (Å²) in [6.45, 7) is 6.04. The van der Waals surface area contributed by atoms with Gasteiger partial charge in [0, 0.05) is 0 Å². The molecule has 1 aromatic rings. The summed E-state index contributed by atoms with van der Waals surface area (Å²) in [7, 11) is 1.60. The van der Waals surface area contributed by atoms with Crippen molar-refractivity contribution >= 4 is 0 Å². The maximum absolute atomic E-state index is 5.19. The van der Waals surface area contributed by atoms with Crippen molar-refractivity contribution in [1.29, 1.82) is 0 Å². The zero-order valence-corrected chi connectivity index (χ0v) is 9.16. The van der Waals surface area contributed by atoms with Crippen molar-refractivity contribution < 1.29 is 14.5 Å². The van der Waals surface area contributed by atoms with E-state index in [1.807, 2.05) is 31.2 Å². The van der Waals surface area contributed by atoms with Gasteiger partial charge in [0.05, 0.1) is 13.7 Å². The molecule has 0 heterocycles. The van der Waals surface area contributed by atoms with Crippen LogP contribution in [0.25, 0.3) is 0 Å². The Morgan fingerprint density at radius 3 is 2.73 bits per heavy atom. The maximum atomic E-state index is 5.19. The van der Waals surface area contributed by atoms with Crippen molar-refractivity contribution in [2.24, 2.45) is 0 Å². The zero-order chi connectivity index (χ0) is 11.1. The van der Waals surface area contributed by atoms with Gasteiger partial charge in [-0.1, -0.05) is 12.1 Å². The van der Waals surface area contributed by atoms with Gasteiger partial charge in [-0.05, 0) is 31.0 Å². The van der Waals surface area contributed by atoms with E-state index < -0.39 is 0 Å². The zero-order valence-electron chi connectivity index (χ0n) is 9.16. The van der Waals surface area contributed by atoms with Crippen molar-refractivity contribution in [1.82, 2.24) is 0 Å². The van der Waals surface area contributed by atoms with Gasteiger partial charge in [0.25, 0.3) is 0 Å². The smallest absolute Gasteiger partial charge is 0.207 e. The minimum absolute atomic E-state index is 0.498. The summed E-state index contributed by atoms with van der Waals surface area (Å²) in [6, 6.07) is 5.70. The summed E-state index contributed by atoms with van der Waals surface area (Å²) >= 11 is 0. The Kier molecular flexibility index (Phi) is 4.71. The molecule has 0 aliphatic carbocycles. The molecular formula is C12H16O3. The number of benzene rings is 1. The Morgan fingerprint density at radius 2 is 2.13 bits per heavy atom. The van der Waals surface area contributed by atoms with E-state index in [0.29, 0.717) is 18.1 Å². The molecule has 0 aromatic heterocycles. The first-order valence-electron chi connectivity index (χ1n) is 4.89. The molecule has 0 radical (unpaired) electrons. The number of ether oxygens (including phenoxy) is 1. The van der Waals surface area contributed by atoms with Crippen LogP contribution in [0.2, 0.25) is 0 Å². The van der Waals surface area contributed by atoms with Crippen LogP contribution in [0.3, 0.4) is 0 Å². The van der Waals surface area contributed by atoms with Crippen LogP contribution in [0.4, 0.5) is 0 Å². The van der Waals surface area contributed by atoms with Gasteiger partial charge < -0.3 is 9.62 Å². The molecule has 0 saturated carbocycles. The van der Waals surface area contributed by atoms with E-state index in [1.54, 1.807) is 7.11 Å². The molecule has 3 heteroatoms. The molecule has 15 heavy (non-hydrogen) atoms. The van der Waals surface area contributed by atoms with Crippen LogP contribution in [0.1, 0.15) is 12.5 Å². The quantitative estimate of drug-likeness (QED) is 0.408. The molecule has 1 aromatic carbocycles. The summed E-state index contributed by atoms with van der Waals surface area (Å²) in [6.07, 6.45) is 2.66. The van der Waals surface area contributed by atoms with Crippen LogP contribution in [0.5, 0.6) is 11.5 Å². The lowest BCUT2D eigenvalue weighted by atomic mass is 10.1. The van der Waals surface area contributed by atoms with E-state index in [2.05, 4.69) is 6.58 Å². The van der Waals surface area contributed by atoms with Gasteiger partial charge in [-0.25, -0.2) is 0 Å². The number of methoxy groups -OCH3 is 1. The molecule has 0 aliphatic rings. The molecule has 0 amide bonds. The van der Waals surface area contributed by atoms with E-state index in [9.17, 15) is 0 Å². The summed E-state index contributed by atoms with van der Waals surface area (Å²) in [5, 5.41) is 0. The van der Waals surface area contributed by atoms with E-state index in [1.165, 1.54) is 0 Å². The lowest BCUT2D eigenvalue weighted by molar-refractivity contribution is -0.203. The number of rotatable bonds is 6. The van der Waals surface area contributed by atoms with E-state index in [0.717, 1.165) is 12.0 Å². The summed E-state index contributed by atoms with van der Waals surface area (Å²) in [5.74, 6) is 1.26. The number of hydrogen-bond donors (Lipinski definition) is 0. The Hall–Kier alpha value is -1.48. The fourth-order valence-electron chi connectivity index (χ4n) is 1.20. The molecule has 0 aliphatic heterocycles. The third-order valence-corrected chi connectivity index (χ3v) is 1.87. The minimum atomic E-state index is 0.498. The van der Waals surface area contributed by atoms with Gasteiger partial charge in [0.15, 0.2) is 5.75 Å². The second-order valence-corrected chi connectivity index (χ2v) is 2.97. The van der Waals surface area contributed by atoms with Gasteiger partial charge in [-0.3, -0.25) is 0 Å². The van der Waals surface area contributed by atoms with E-state index >= 15 is 0 Å². The Labute approximate surface area is 90.2 Å². The van der Waals surface area contributed by atoms with Crippen LogP contribution in [0.15, 0.2) is 30.9 Å². The van der Waals surface area contributed by atoms with Gasteiger partial charge in [-0.15, -0.1) is 6.58 Å². The number of allylic oxidation sites excluding steroid dienone is 1. The first-order valence-corrected chi connectivity index (χ1v) is 4.89. The monoisotopic (exact) mass is 208 g/mol. The summed E-state index contributed by atoms with van der Waals surface area (Å²) in [5.41, 5.74) is 1.13. The average Bonchev–Trinajstić information content (AvgIpc) is 2.27. The van der Waals surface area contributed by atoms with Gasteiger partial charge in [0.2, 0.25) is 5.75 Å². The van der Waals surface area contributed by atoms with Crippen molar-refractivity contribution in [2.75, 3.05) is 13.7 Å².